The van der Waals surface area contributed by atoms with E-state index in [9.17, 15) is 20.1 Å². The zero-order chi connectivity index (χ0) is 27.7. The molecule has 2 aromatic rings. The molecule has 0 amide bonds. The summed E-state index contributed by atoms with van der Waals surface area (Å²) >= 11 is 0. The van der Waals surface area contributed by atoms with Crippen LogP contribution >= 0.6 is 0 Å². The van der Waals surface area contributed by atoms with Gasteiger partial charge in [0, 0.05) is 6.08 Å². The molecule has 0 spiro atoms. The molecule has 1 aliphatic rings. The Hall–Kier alpha value is -3.35. The largest absolute Gasteiger partial charge is 0.493 e. The van der Waals surface area contributed by atoms with Gasteiger partial charge in [0.2, 0.25) is 0 Å². The predicted octanol–water partition coefficient (Wildman–Crippen LogP) is 1.34. The number of ether oxygens (including phenoxy) is 7. The average Bonchev–Trinajstić information content (AvgIpc) is 2.94. The van der Waals surface area contributed by atoms with Gasteiger partial charge in [-0.25, -0.2) is 4.79 Å². The van der Waals surface area contributed by atoms with Crippen molar-refractivity contribution in [2.24, 2.45) is 0 Å². The number of methoxy groups -OCH3 is 4. The third-order valence-corrected chi connectivity index (χ3v) is 6.00. The topological polar surface area (TPSA) is 142 Å². The molecule has 0 bridgehead atoms. The number of esters is 1. The van der Waals surface area contributed by atoms with E-state index in [1.165, 1.54) is 33.5 Å². The maximum atomic E-state index is 12.2. The van der Waals surface area contributed by atoms with Crippen molar-refractivity contribution in [2.45, 2.75) is 37.1 Å². The second kappa shape index (κ2) is 14.0. The summed E-state index contributed by atoms with van der Waals surface area (Å²) < 4.78 is 37.4. The van der Waals surface area contributed by atoms with Crippen LogP contribution in [-0.2, 0) is 25.4 Å². The lowest BCUT2D eigenvalue weighted by Gasteiger charge is -2.39. The molecule has 11 heteroatoms. The van der Waals surface area contributed by atoms with E-state index in [1.54, 1.807) is 37.4 Å². The van der Waals surface area contributed by atoms with Crippen LogP contribution in [0.3, 0.4) is 0 Å². The van der Waals surface area contributed by atoms with Crippen LogP contribution in [0.15, 0.2) is 42.5 Å². The van der Waals surface area contributed by atoms with Crippen molar-refractivity contribution in [3.8, 4) is 23.0 Å². The molecule has 38 heavy (non-hydrogen) atoms. The monoisotopic (exact) mass is 534 g/mol. The van der Waals surface area contributed by atoms with E-state index < -0.39 is 36.7 Å². The highest BCUT2D eigenvalue weighted by Crippen LogP contribution is 2.29. The van der Waals surface area contributed by atoms with E-state index in [0.29, 0.717) is 35.0 Å². The first-order valence-corrected chi connectivity index (χ1v) is 11.9. The molecule has 208 valence electrons. The number of carbonyl (C=O) groups excluding carboxylic acids is 1. The lowest BCUT2D eigenvalue weighted by Crippen LogP contribution is -2.59. The molecule has 3 rings (SSSR count). The fourth-order valence-electron chi connectivity index (χ4n) is 3.85. The van der Waals surface area contributed by atoms with Gasteiger partial charge >= 0.3 is 5.97 Å². The minimum atomic E-state index is -1.55. The fraction of sp³-hybridized carbons (Fsp3) is 0.444. The van der Waals surface area contributed by atoms with Gasteiger partial charge in [0.1, 0.15) is 31.0 Å². The molecular weight excluding hydrogens is 500 g/mol. The Morgan fingerprint density at radius 3 is 2.13 bits per heavy atom. The summed E-state index contributed by atoms with van der Waals surface area (Å²) in [5.74, 6) is 1.53. The van der Waals surface area contributed by atoms with Gasteiger partial charge in [0.25, 0.3) is 0 Å². The molecule has 5 atom stereocenters. The molecule has 0 aliphatic carbocycles. The predicted molar refractivity (Wildman–Crippen MR) is 135 cm³/mol. The number of hydrogen-bond acceptors (Lipinski definition) is 11. The molecule has 11 nitrogen and oxygen atoms in total. The summed E-state index contributed by atoms with van der Waals surface area (Å²) in [6.45, 7) is -0.226. The van der Waals surface area contributed by atoms with Gasteiger partial charge in [-0.1, -0.05) is 12.1 Å². The first kappa shape index (κ1) is 29.2. The lowest BCUT2D eigenvalue weighted by atomic mass is 9.99. The van der Waals surface area contributed by atoms with Crippen molar-refractivity contribution >= 4 is 12.0 Å². The maximum absolute atomic E-state index is 12.2. The highest BCUT2D eigenvalue weighted by molar-refractivity contribution is 5.87. The highest BCUT2D eigenvalue weighted by atomic mass is 16.7. The van der Waals surface area contributed by atoms with Crippen LogP contribution in [0.2, 0.25) is 0 Å². The zero-order valence-electron chi connectivity index (χ0n) is 21.7. The second-order valence-corrected chi connectivity index (χ2v) is 8.40. The third kappa shape index (κ3) is 7.36. The number of aliphatic hydroxyl groups excluding tert-OH is 3. The van der Waals surface area contributed by atoms with Crippen LogP contribution in [0.5, 0.6) is 23.0 Å². The van der Waals surface area contributed by atoms with Gasteiger partial charge in [-0.05, 0) is 47.9 Å². The van der Waals surface area contributed by atoms with Gasteiger partial charge < -0.3 is 48.5 Å². The van der Waals surface area contributed by atoms with Crippen molar-refractivity contribution in [3.05, 3.63) is 53.6 Å². The van der Waals surface area contributed by atoms with E-state index in [4.69, 9.17) is 33.2 Å². The molecule has 2 aromatic carbocycles. The standard InChI is InChI=1S/C27H34O11/c1-32-18-8-5-16(13-20(18)34-3)7-10-23(28)37-15-22-24(29)25(30)26(31)27(38-22)36-12-11-17-6-9-19(33-2)21(14-17)35-4/h5-10,13-14,22,24-27,29-31H,11-12,15H2,1-4H3/b10-7+. The molecule has 3 N–H and O–H groups in total. The Kier molecular flexibility index (Phi) is 10.7. The van der Waals surface area contributed by atoms with Gasteiger partial charge in [-0.2, -0.15) is 0 Å². The Bertz CT molecular complexity index is 1090. The lowest BCUT2D eigenvalue weighted by molar-refractivity contribution is -0.301. The highest BCUT2D eigenvalue weighted by Gasteiger charge is 2.44. The number of hydrogen-bond donors (Lipinski definition) is 3. The molecule has 0 saturated carbocycles. The molecule has 5 unspecified atom stereocenters. The summed E-state index contributed by atoms with van der Waals surface area (Å²) in [4.78, 5) is 12.2. The summed E-state index contributed by atoms with van der Waals surface area (Å²) in [6, 6.07) is 10.5. The summed E-state index contributed by atoms with van der Waals surface area (Å²) in [5.41, 5.74) is 1.57. The van der Waals surface area contributed by atoms with Gasteiger partial charge in [-0.15, -0.1) is 0 Å². The van der Waals surface area contributed by atoms with Crippen molar-refractivity contribution in [2.75, 3.05) is 41.7 Å². The first-order valence-electron chi connectivity index (χ1n) is 11.9. The van der Waals surface area contributed by atoms with Crippen molar-refractivity contribution in [1.82, 2.24) is 0 Å². The Balaban J connectivity index is 1.53. The molecule has 1 fully saturated rings. The van der Waals surface area contributed by atoms with Crippen LogP contribution < -0.4 is 18.9 Å². The van der Waals surface area contributed by atoms with Crippen LogP contribution in [-0.4, -0.2) is 93.6 Å². The van der Waals surface area contributed by atoms with Crippen LogP contribution in [0, 0.1) is 0 Å². The van der Waals surface area contributed by atoms with E-state index >= 15 is 0 Å². The molecule has 0 radical (unpaired) electrons. The smallest absolute Gasteiger partial charge is 0.330 e. The average molecular weight is 535 g/mol. The molecule has 0 aromatic heterocycles. The third-order valence-electron chi connectivity index (χ3n) is 6.00. The summed E-state index contributed by atoms with van der Waals surface area (Å²) in [7, 11) is 6.12. The Morgan fingerprint density at radius 1 is 0.842 bits per heavy atom. The minimum absolute atomic E-state index is 0.139. The van der Waals surface area contributed by atoms with E-state index in [1.807, 2.05) is 6.07 Å². The summed E-state index contributed by atoms with van der Waals surface area (Å²) in [6.07, 6.45) is -3.70. The Labute approximate surface area is 221 Å². The number of aliphatic hydroxyl groups is 3. The second-order valence-electron chi connectivity index (χ2n) is 8.40. The van der Waals surface area contributed by atoms with Crippen molar-refractivity contribution in [1.29, 1.82) is 0 Å². The van der Waals surface area contributed by atoms with Gasteiger partial charge in [-0.3, -0.25) is 0 Å². The van der Waals surface area contributed by atoms with E-state index in [0.717, 1.165) is 5.56 Å². The fourth-order valence-corrected chi connectivity index (χ4v) is 3.85. The van der Waals surface area contributed by atoms with Crippen LogP contribution in [0.4, 0.5) is 0 Å². The molecule has 1 saturated heterocycles. The SMILES string of the molecule is COc1ccc(/C=C/C(=O)OCC2OC(OCCc3ccc(OC)c(OC)c3)C(O)C(O)C2O)cc1OC. The number of benzene rings is 2. The van der Waals surface area contributed by atoms with Crippen LogP contribution in [0.25, 0.3) is 6.08 Å². The quantitative estimate of drug-likeness (QED) is 0.268. The minimum Gasteiger partial charge on any atom is -0.493 e. The van der Waals surface area contributed by atoms with Crippen molar-refractivity contribution in [3.63, 3.8) is 0 Å². The Morgan fingerprint density at radius 2 is 1.47 bits per heavy atom. The van der Waals surface area contributed by atoms with Gasteiger partial charge in [0.15, 0.2) is 29.3 Å². The molecule has 1 heterocycles. The number of rotatable bonds is 12. The van der Waals surface area contributed by atoms with Crippen LogP contribution in [0.1, 0.15) is 11.1 Å². The molecular formula is C27H34O11. The van der Waals surface area contributed by atoms with E-state index in [-0.39, 0.29) is 13.2 Å². The first-order chi connectivity index (χ1) is 18.3. The van der Waals surface area contributed by atoms with Crippen molar-refractivity contribution < 1.29 is 53.3 Å². The van der Waals surface area contributed by atoms with E-state index in [2.05, 4.69) is 0 Å². The normalized spacial score (nSPS) is 23.2. The summed E-state index contributed by atoms with van der Waals surface area (Å²) in [5, 5.41) is 30.9. The number of carbonyl (C=O) groups is 1. The maximum Gasteiger partial charge on any atom is 0.330 e. The molecule has 1 aliphatic heterocycles. The zero-order valence-corrected chi connectivity index (χ0v) is 21.7. The van der Waals surface area contributed by atoms with Gasteiger partial charge in [0.05, 0.1) is 35.0 Å².